The van der Waals surface area contributed by atoms with Crippen LogP contribution in [-0.2, 0) is 0 Å². The zero-order valence-electron chi connectivity index (χ0n) is 10.8. The summed E-state index contributed by atoms with van der Waals surface area (Å²) in [5, 5.41) is 16.5. The maximum Gasteiger partial charge on any atom is 0.338 e. The predicted molar refractivity (Wildman–Crippen MR) is 74.9 cm³/mol. The van der Waals surface area contributed by atoms with Crippen LogP contribution in [0.4, 0.5) is 9.80 Å². The molecule has 0 saturated heterocycles. The number of aromatic carboxylic acids is 1. The molecule has 5 nitrogen and oxygen atoms in total. The van der Waals surface area contributed by atoms with Crippen molar-refractivity contribution in [3.8, 4) is 0 Å². The number of urea groups is 1. The number of nitrogens with one attached hydrogen (secondary N) is 2. The first-order valence-corrected chi connectivity index (χ1v) is 7.34. The minimum absolute atomic E-state index is 0.121. The standard InChI is InChI=1S/C13H18N2O3S/c1-8(9-4-2-3-5-9)14-13(18)15-11-10(12(16)17)6-7-19-11/h6-9H,2-5H2,1H3,(H,16,17)(H2,14,15,18). The van der Waals surface area contributed by atoms with Crippen molar-refractivity contribution >= 4 is 28.3 Å². The summed E-state index contributed by atoms with van der Waals surface area (Å²) in [6, 6.07) is 1.28. The highest BCUT2D eigenvalue weighted by molar-refractivity contribution is 7.14. The number of carbonyl (C=O) groups is 2. The smallest absolute Gasteiger partial charge is 0.338 e. The second kappa shape index (κ2) is 6.06. The minimum atomic E-state index is -1.03. The zero-order chi connectivity index (χ0) is 13.8. The Bertz CT molecular complexity index is 466. The SMILES string of the molecule is CC(NC(=O)Nc1sccc1C(=O)O)C1CCCC1. The second-order valence-electron chi connectivity index (χ2n) is 4.90. The molecular weight excluding hydrogens is 264 g/mol. The van der Waals surface area contributed by atoms with Gasteiger partial charge in [-0.15, -0.1) is 11.3 Å². The Hall–Kier alpha value is -1.56. The van der Waals surface area contributed by atoms with Crippen molar-refractivity contribution in [1.82, 2.24) is 5.32 Å². The van der Waals surface area contributed by atoms with Crippen molar-refractivity contribution in [2.45, 2.75) is 38.6 Å². The Kier molecular flexibility index (Phi) is 4.42. The topological polar surface area (TPSA) is 78.4 Å². The number of carboxylic acids is 1. The fraction of sp³-hybridized carbons (Fsp3) is 0.538. The molecule has 1 aromatic rings. The van der Waals surface area contributed by atoms with Gasteiger partial charge in [-0.2, -0.15) is 0 Å². The number of hydrogen-bond donors (Lipinski definition) is 3. The fourth-order valence-electron chi connectivity index (χ4n) is 2.50. The van der Waals surface area contributed by atoms with E-state index in [1.165, 1.54) is 30.2 Å². The van der Waals surface area contributed by atoms with Crippen LogP contribution in [-0.4, -0.2) is 23.1 Å². The van der Waals surface area contributed by atoms with Gasteiger partial charge in [0, 0.05) is 6.04 Å². The van der Waals surface area contributed by atoms with Gasteiger partial charge < -0.3 is 10.4 Å². The summed E-state index contributed by atoms with van der Waals surface area (Å²) in [5.41, 5.74) is 0.133. The van der Waals surface area contributed by atoms with Crippen LogP contribution >= 0.6 is 11.3 Å². The Labute approximate surface area is 116 Å². The van der Waals surface area contributed by atoms with Crippen LogP contribution in [0.5, 0.6) is 0 Å². The van der Waals surface area contributed by atoms with Gasteiger partial charge in [-0.05, 0) is 37.1 Å². The lowest BCUT2D eigenvalue weighted by Gasteiger charge is -2.20. The van der Waals surface area contributed by atoms with Gasteiger partial charge in [0.1, 0.15) is 5.00 Å². The summed E-state index contributed by atoms with van der Waals surface area (Å²) in [5.74, 6) is -0.492. The molecule has 0 spiro atoms. The van der Waals surface area contributed by atoms with Crippen LogP contribution in [0.1, 0.15) is 43.0 Å². The van der Waals surface area contributed by atoms with Crippen molar-refractivity contribution in [1.29, 1.82) is 0 Å². The van der Waals surface area contributed by atoms with Crippen molar-refractivity contribution in [2.75, 3.05) is 5.32 Å². The third kappa shape index (κ3) is 3.47. The van der Waals surface area contributed by atoms with E-state index >= 15 is 0 Å². The average Bonchev–Trinajstić information content (AvgIpc) is 2.98. The first-order valence-electron chi connectivity index (χ1n) is 6.46. The van der Waals surface area contributed by atoms with Crippen LogP contribution in [0, 0.1) is 5.92 Å². The van der Waals surface area contributed by atoms with Gasteiger partial charge in [0.15, 0.2) is 0 Å². The van der Waals surface area contributed by atoms with Gasteiger partial charge in [-0.1, -0.05) is 12.8 Å². The molecule has 0 radical (unpaired) electrons. The Morgan fingerprint density at radius 2 is 2.11 bits per heavy atom. The first kappa shape index (κ1) is 13.9. The summed E-state index contributed by atoms with van der Waals surface area (Å²) in [4.78, 5) is 22.8. The summed E-state index contributed by atoms with van der Waals surface area (Å²) in [6.07, 6.45) is 4.76. The molecule has 1 unspecified atom stereocenters. The Balaban J connectivity index is 1.90. The quantitative estimate of drug-likeness (QED) is 0.793. The van der Waals surface area contributed by atoms with E-state index in [-0.39, 0.29) is 17.6 Å². The fourth-order valence-corrected chi connectivity index (χ4v) is 3.27. The third-order valence-corrected chi connectivity index (χ3v) is 4.42. The average molecular weight is 282 g/mol. The van der Waals surface area contributed by atoms with E-state index in [9.17, 15) is 9.59 Å². The highest BCUT2D eigenvalue weighted by Gasteiger charge is 2.23. The third-order valence-electron chi connectivity index (χ3n) is 3.59. The van der Waals surface area contributed by atoms with Crippen molar-refractivity contribution in [3.63, 3.8) is 0 Å². The van der Waals surface area contributed by atoms with Gasteiger partial charge in [0.2, 0.25) is 0 Å². The zero-order valence-corrected chi connectivity index (χ0v) is 11.6. The predicted octanol–water partition coefficient (Wildman–Crippen LogP) is 3.15. The molecule has 1 aromatic heterocycles. The molecule has 104 valence electrons. The molecule has 1 atom stereocenters. The molecular formula is C13H18N2O3S. The van der Waals surface area contributed by atoms with Crippen LogP contribution < -0.4 is 10.6 Å². The van der Waals surface area contributed by atoms with Crippen LogP contribution in [0.3, 0.4) is 0 Å². The lowest BCUT2D eigenvalue weighted by molar-refractivity contribution is 0.0698. The number of anilines is 1. The highest BCUT2D eigenvalue weighted by atomic mass is 32.1. The van der Waals surface area contributed by atoms with E-state index in [0.717, 1.165) is 12.8 Å². The van der Waals surface area contributed by atoms with Crippen molar-refractivity contribution in [3.05, 3.63) is 17.0 Å². The lowest BCUT2D eigenvalue weighted by Crippen LogP contribution is -2.39. The molecule has 2 amide bonds. The van der Waals surface area contributed by atoms with Gasteiger partial charge in [-0.3, -0.25) is 5.32 Å². The normalized spacial score (nSPS) is 17.1. The molecule has 1 fully saturated rings. The Morgan fingerprint density at radius 3 is 2.74 bits per heavy atom. The lowest BCUT2D eigenvalue weighted by atomic mass is 10.0. The van der Waals surface area contributed by atoms with Crippen molar-refractivity contribution < 1.29 is 14.7 Å². The molecule has 0 aromatic carbocycles. The van der Waals surface area contributed by atoms with E-state index in [1.54, 1.807) is 5.38 Å². The Morgan fingerprint density at radius 1 is 1.42 bits per heavy atom. The molecule has 19 heavy (non-hydrogen) atoms. The maximum atomic E-state index is 11.8. The van der Waals surface area contributed by atoms with Crippen LogP contribution in [0.2, 0.25) is 0 Å². The van der Waals surface area contributed by atoms with E-state index in [1.807, 2.05) is 6.92 Å². The summed E-state index contributed by atoms with van der Waals surface area (Å²) in [7, 11) is 0. The molecule has 3 N–H and O–H groups in total. The van der Waals surface area contributed by atoms with E-state index in [2.05, 4.69) is 10.6 Å². The molecule has 0 aliphatic heterocycles. The number of carboxylic acid groups (broad SMARTS) is 1. The van der Waals surface area contributed by atoms with Gasteiger partial charge in [0.05, 0.1) is 5.56 Å². The van der Waals surface area contributed by atoms with Crippen molar-refractivity contribution in [2.24, 2.45) is 5.92 Å². The summed E-state index contributed by atoms with van der Waals surface area (Å²) >= 11 is 1.21. The largest absolute Gasteiger partial charge is 0.478 e. The molecule has 2 rings (SSSR count). The molecule has 0 bridgehead atoms. The number of rotatable bonds is 4. The number of amides is 2. The molecule has 1 aliphatic carbocycles. The van der Waals surface area contributed by atoms with E-state index < -0.39 is 5.97 Å². The number of carbonyl (C=O) groups excluding carboxylic acids is 1. The number of thiophene rings is 1. The second-order valence-corrected chi connectivity index (χ2v) is 5.82. The minimum Gasteiger partial charge on any atom is -0.478 e. The van der Waals surface area contributed by atoms with E-state index in [0.29, 0.717) is 10.9 Å². The molecule has 1 aliphatic rings. The highest BCUT2D eigenvalue weighted by Crippen LogP contribution is 2.28. The first-order chi connectivity index (χ1) is 9.08. The monoisotopic (exact) mass is 282 g/mol. The van der Waals surface area contributed by atoms with Gasteiger partial charge in [0.25, 0.3) is 0 Å². The van der Waals surface area contributed by atoms with Gasteiger partial charge >= 0.3 is 12.0 Å². The van der Waals surface area contributed by atoms with Gasteiger partial charge in [-0.25, -0.2) is 9.59 Å². The molecule has 6 heteroatoms. The summed E-state index contributed by atoms with van der Waals surface area (Å²) < 4.78 is 0. The number of hydrogen-bond acceptors (Lipinski definition) is 3. The van der Waals surface area contributed by atoms with Crippen LogP contribution in [0.15, 0.2) is 11.4 Å². The maximum absolute atomic E-state index is 11.8. The molecule has 1 saturated carbocycles. The summed E-state index contributed by atoms with van der Waals surface area (Å²) in [6.45, 7) is 2.00. The molecule has 1 heterocycles. The van der Waals surface area contributed by atoms with Crippen LogP contribution in [0.25, 0.3) is 0 Å². The van der Waals surface area contributed by atoms with E-state index in [4.69, 9.17) is 5.11 Å².